The Kier molecular flexibility index (Phi) is 5.38. The molecule has 0 spiro atoms. The Morgan fingerprint density at radius 3 is 2.24 bits per heavy atom. The second-order valence-corrected chi connectivity index (χ2v) is 4.82. The zero-order valence-electron chi connectivity index (χ0n) is 12.5. The molecule has 2 aromatic rings. The monoisotopic (exact) mass is 284 g/mol. The van der Waals surface area contributed by atoms with Crippen molar-refractivity contribution in [1.29, 1.82) is 0 Å². The Labute approximate surface area is 125 Å². The number of hydrogen-bond donors (Lipinski definition) is 0. The van der Waals surface area contributed by atoms with Crippen molar-refractivity contribution in [2.24, 2.45) is 0 Å². The molecule has 0 heterocycles. The van der Waals surface area contributed by atoms with Crippen LogP contribution in [-0.2, 0) is 0 Å². The van der Waals surface area contributed by atoms with Gasteiger partial charge in [0, 0.05) is 5.56 Å². The lowest BCUT2D eigenvalue weighted by atomic mass is 10.1. The summed E-state index contributed by atoms with van der Waals surface area (Å²) in [5, 5.41) is 0. The zero-order valence-corrected chi connectivity index (χ0v) is 12.5. The molecule has 0 aliphatic heterocycles. The van der Waals surface area contributed by atoms with Crippen molar-refractivity contribution >= 4 is 5.78 Å². The molecule has 3 nitrogen and oxygen atoms in total. The summed E-state index contributed by atoms with van der Waals surface area (Å²) in [6, 6.07) is 14.9. The van der Waals surface area contributed by atoms with Crippen LogP contribution in [0.2, 0.25) is 0 Å². The minimum absolute atomic E-state index is 0.0113. The van der Waals surface area contributed by atoms with Crippen molar-refractivity contribution in [2.45, 2.75) is 20.3 Å². The quantitative estimate of drug-likeness (QED) is 0.720. The summed E-state index contributed by atoms with van der Waals surface area (Å²) in [6.45, 7) is 4.61. The van der Waals surface area contributed by atoms with E-state index in [0.29, 0.717) is 23.7 Å². The highest BCUT2D eigenvalue weighted by Gasteiger charge is 2.11. The van der Waals surface area contributed by atoms with Crippen LogP contribution in [-0.4, -0.2) is 19.0 Å². The van der Waals surface area contributed by atoms with Crippen LogP contribution in [0.15, 0.2) is 48.5 Å². The van der Waals surface area contributed by atoms with E-state index in [4.69, 9.17) is 9.47 Å². The predicted molar refractivity (Wildman–Crippen MR) is 83.2 cm³/mol. The molecule has 0 atom stereocenters. The van der Waals surface area contributed by atoms with Gasteiger partial charge < -0.3 is 9.47 Å². The van der Waals surface area contributed by atoms with Crippen LogP contribution in [0.4, 0.5) is 0 Å². The van der Waals surface area contributed by atoms with Crippen LogP contribution in [0.5, 0.6) is 11.5 Å². The highest BCUT2D eigenvalue weighted by molar-refractivity contribution is 5.98. The van der Waals surface area contributed by atoms with E-state index >= 15 is 0 Å². The highest BCUT2D eigenvalue weighted by atomic mass is 16.5. The second kappa shape index (κ2) is 7.48. The molecular formula is C18H20O3. The smallest absolute Gasteiger partial charge is 0.200 e. The van der Waals surface area contributed by atoms with E-state index in [1.807, 2.05) is 62.4 Å². The van der Waals surface area contributed by atoms with Gasteiger partial charge in [-0.2, -0.15) is 0 Å². The molecule has 0 radical (unpaired) electrons. The second-order valence-electron chi connectivity index (χ2n) is 4.82. The molecule has 0 aliphatic rings. The fraction of sp³-hybridized carbons (Fsp3) is 0.278. The molecule has 0 amide bonds. The normalized spacial score (nSPS) is 10.2. The Morgan fingerprint density at radius 2 is 1.57 bits per heavy atom. The van der Waals surface area contributed by atoms with Gasteiger partial charge >= 0.3 is 0 Å². The molecule has 21 heavy (non-hydrogen) atoms. The van der Waals surface area contributed by atoms with Gasteiger partial charge in [0.2, 0.25) is 0 Å². The molecule has 0 saturated heterocycles. The lowest BCUT2D eigenvalue weighted by Crippen LogP contribution is -2.13. The molecule has 0 saturated carbocycles. The maximum Gasteiger partial charge on any atom is 0.200 e. The van der Waals surface area contributed by atoms with E-state index in [9.17, 15) is 4.79 Å². The molecule has 0 N–H and O–H groups in total. The molecule has 0 fully saturated rings. The fourth-order valence-corrected chi connectivity index (χ4v) is 2.01. The molecule has 110 valence electrons. The number of ketones is 1. The maximum absolute atomic E-state index is 12.2. The van der Waals surface area contributed by atoms with Crippen LogP contribution >= 0.6 is 0 Å². The van der Waals surface area contributed by atoms with E-state index in [1.54, 1.807) is 0 Å². The fourth-order valence-electron chi connectivity index (χ4n) is 2.01. The molecule has 2 rings (SSSR count). The van der Waals surface area contributed by atoms with Gasteiger partial charge in [0.25, 0.3) is 0 Å². The summed E-state index contributed by atoms with van der Waals surface area (Å²) < 4.78 is 11.2. The average Bonchev–Trinajstić information content (AvgIpc) is 2.52. The summed E-state index contributed by atoms with van der Waals surface area (Å²) in [6.07, 6.45) is 0.927. The minimum Gasteiger partial charge on any atom is -0.490 e. The minimum atomic E-state index is -0.0293. The number of ether oxygens (including phenoxy) is 2. The standard InChI is InChI=1S/C18H20O3/c1-3-12-20-17-10-6-7-11-18(17)21-13-16(19)15-9-5-4-8-14(15)2/h4-11H,3,12-13H2,1-2H3. The molecular weight excluding hydrogens is 264 g/mol. The van der Waals surface area contributed by atoms with Crippen LogP contribution in [0.25, 0.3) is 0 Å². The SMILES string of the molecule is CCCOc1ccccc1OCC(=O)c1ccccc1C. The van der Waals surface area contributed by atoms with Gasteiger partial charge in [-0.3, -0.25) is 4.79 Å². The number of Topliss-reactive ketones (excluding diaryl/α,β-unsaturated/α-hetero) is 1. The molecule has 2 aromatic carbocycles. The van der Waals surface area contributed by atoms with Crippen LogP contribution in [0.1, 0.15) is 29.3 Å². The summed E-state index contributed by atoms with van der Waals surface area (Å²) in [5.74, 6) is 1.25. The number of carbonyl (C=O) groups excluding carboxylic acids is 1. The third kappa shape index (κ3) is 4.09. The first kappa shape index (κ1) is 15.1. The lowest BCUT2D eigenvalue weighted by molar-refractivity contribution is 0.0918. The topological polar surface area (TPSA) is 35.5 Å². The molecule has 0 bridgehead atoms. The van der Waals surface area contributed by atoms with E-state index < -0.39 is 0 Å². The van der Waals surface area contributed by atoms with E-state index in [1.165, 1.54) is 0 Å². The van der Waals surface area contributed by atoms with E-state index in [-0.39, 0.29) is 12.4 Å². The Balaban J connectivity index is 2.03. The Hall–Kier alpha value is -2.29. The van der Waals surface area contributed by atoms with Gasteiger partial charge in [0.05, 0.1) is 6.61 Å². The van der Waals surface area contributed by atoms with Crippen LogP contribution < -0.4 is 9.47 Å². The number of hydrogen-bond acceptors (Lipinski definition) is 3. The van der Waals surface area contributed by atoms with Crippen molar-refractivity contribution in [3.05, 3.63) is 59.7 Å². The average molecular weight is 284 g/mol. The van der Waals surface area contributed by atoms with Gasteiger partial charge in [-0.25, -0.2) is 0 Å². The number of rotatable bonds is 7. The van der Waals surface area contributed by atoms with Crippen molar-refractivity contribution < 1.29 is 14.3 Å². The molecule has 0 unspecified atom stereocenters. The van der Waals surface area contributed by atoms with Gasteiger partial charge in [-0.15, -0.1) is 0 Å². The zero-order chi connectivity index (χ0) is 15.1. The number of benzene rings is 2. The van der Waals surface area contributed by atoms with Gasteiger partial charge in [-0.05, 0) is 31.0 Å². The third-order valence-corrected chi connectivity index (χ3v) is 3.12. The lowest BCUT2D eigenvalue weighted by Gasteiger charge is -2.12. The first-order valence-electron chi connectivity index (χ1n) is 7.16. The molecule has 3 heteroatoms. The van der Waals surface area contributed by atoms with Crippen LogP contribution in [0, 0.1) is 6.92 Å². The maximum atomic E-state index is 12.2. The van der Waals surface area contributed by atoms with Crippen molar-refractivity contribution in [1.82, 2.24) is 0 Å². The third-order valence-electron chi connectivity index (χ3n) is 3.12. The number of para-hydroxylation sites is 2. The first-order valence-corrected chi connectivity index (χ1v) is 7.16. The summed E-state index contributed by atoms with van der Waals surface area (Å²) in [7, 11) is 0. The molecule has 0 aliphatic carbocycles. The van der Waals surface area contributed by atoms with Crippen molar-refractivity contribution in [2.75, 3.05) is 13.2 Å². The van der Waals surface area contributed by atoms with Gasteiger partial charge in [-0.1, -0.05) is 43.3 Å². The summed E-state index contributed by atoms with van der Waals surface area (Å²) in [5.41, 5.74) is 1.66. The summed E-state index contributed by atoms with van der Waals surface area (Å²) in [4.78, 5) is 12.2. The van der Waals surface area contributed by atoms with Gasteiger partial charge in [0.1, 0.15) is 0 Å². The van der Waals surface area contributed by atoms with Crippen molar-refractivity contribution in [3.8, 4) is 11.5 Å². The number of aryl methyl sites for hydroxylation is 1. The van der Waals surface area contributed by atoms with Crippen LogP contribution in [0.3, 0.4) is 0 Å². The first-order chi connectivity index (χ1) is 10.2. The van der Waals surface area contributed by atoms with E-state index in [0.717, 1.165) is 12.0 Å². The Bertz CT molecular complexity index is 605. The highest BCUT2D eigenvalue weighted by Crippen LogP contribution is 2.26. The van der Waals surface area contributed by atoms with Crippen molar-refractivity contribution in [3.63, 3.8) is 0 Å². The number of carbonyl (C=O) groups is 1. The van der Waals surface area contributed by atoms with E-state index in [2.05, 4.69) is 0 Å². The summed E-state index contributed by atoms with van der Waals surface area (Å²) >= 11 is 0. The van der Waals surface area contributed by atoms with Gasteiger partial charge in [0.15, 0.2) is 23.9 Å². The predicted octanol–water partition coefficient (Wildman–Crippen LogP) is 4.05. The Morgan fingerprint density at radius 1 is 0.952 bits per heavy atom. The largest absolute Gasteiger partial charge is 0.490 e. The molecule has 0 aromatic heterocycles.